The summed E-state index contributed by atoms with van der Waals surface area (Å²) in [6.45, 7) is 1.96. The van der Waals surface area contributed by atoms with Crippen molar-refractivity contribution in [2.45, 2.75) is 6.92 Å². The quantitative estimate of drug-likeness (QED) is 0.393. The van der Waals surface area contributed by atoms with Crippen molar-refractivity contribution in [1.29, 1.82) is 0 Å². The number of nitrogens with zero attached hydrogens (tertiary/aromatic N) is 3. The van der Waals surface area contributed by atoms with Gasteiger partial charge in [0, 0.05) is 35.4 Å². The van der Waals surface area contributed by atoms with Crippen molar-refractivity contribution >= 4 is 17.4 Å². The number of ether oxygens (including phenoxy) is 1. The van der Waals surface area contributed by atoms with Crippen molar-refractivity contribution in [2.75, 3.05) is 5.32 Å². The average molecular weight is 420 g/mol. The third kappa shape index (κ3) is 4.06. The normalized spacial score (nSPS) is 10.8. The Morgan fingerprint density at radius 3 is 2.50 bits per heavy atom. The van der Waals surface area contributed by atoms with Gasteiger partial charge in [0.2, 0.25) is 5.78 Å². The number of fused-ring (bicyclic) bond motifs is 1. The zero-order valence-electron chi connectivity index (χ0n) is 17.4. The number of anilines is 1. The maximum Gasteiger partial charge on any atom is 0.255 e. The minimum absolute atomic E-state index is 0.187. The van der Waals surface area contributed by atoms with E-state index in [4.69, 9.17) is 4.74 Å². The molecule has 0 bridgehead atoms. The van der Waals surface area contributed by atoms with Gasteiger partial charge in [0.25, 0.3) is 5.91 Å². The summed E-state index contributed by atoms with van der Waals surface area (Å²) in [7, 11) is 0. The summed E-state index contributed by atoms with van der Waals surface area (Å²) >= 11 is 0. The van der Waals surface area contributed by atoms with Gasteiger partial charge >= 0.3 is 0 Å². The molecule has 0 aliphatic heterocycles. The summed E-state index contributed by atoms with van der Waals surface area (Å²) in [6, 6.07) is 24.4. The predicted octanol–water partition coefficient (Wildman–Crippen LogP) is 5.75. The summed E-state index contributed by atoms with van der Waals surface area (Å²) in [5.41, 5.74) is 3.95. The minimum Gasteiger partial charge on any atom is -0.457 e. The molecule has 1 N–H and O–H groups in total. The first kappa shape index (κ1) is 19.5. The van der Waals surface area contributed by atoms with Gasteiger partial charge in [0.1, 0.15) is 11.5 Å². The van der Waals surface area contributed by atoms with Crippen molar-refractivity contribution < 1.29 is 9.53 Å². The molecular formula is C26H20N4O2. The number of carbonyl (C=O) groups is 1. The van der Waals surface area contributed by atoms with Crippen molar-refractivity contribution in [2.24, 2.45) is 0 Å². The van der Waals surface area contributed by atoms with E-state index in [1.165, 1.54) is 0 Å². The van der Waals surface area contributed by atoms with Crippen LogP contribution in [0.1, 0.15) is 15.9 Å². The van der Waals surface area contributed by atoms with Crippen LogP contribution in [0.2, 0.25) is 0 Å². The molecule has 1 amide bonds. The molecular weight excluding hydrogens is 400 g/mol. The Bertz CT molecular complexity index is 1360. The molecule has 0 saturated carbocycles. The number of amides is 1. The Balaban J connectivity index is 1.34. The second-order valence-corrected chi connectivity index (χ2v) is 7.38. The van der Waals surface area contributed by atoms with Crippen LogP contribution in [-0.2, 0) is 0 Å². The summed E-state index contributed by atoms with van der Waals surface area (Å²) in [4.78, 5) is 21.7. The fourth-order valence-electron chi connectivity index (χ4n) is 3.38. The lowest BCUT2D eigenvalue weighted by atomic mass is 10.1. The number of nitrogens with one attached hydrogen (secondary N) is 1. The second-order valence-electron chi connectivity index (χ2n) is 7.38. The Morgan fingerprint density at radius 2 is 1.72 bits per heavy atom. The summed E-state index contributed by atoms with van der Waals surface area (Å²) in [5.74, 6) is 1.87. The molecule has 2 heterocycles. The zero-order valence-corrected chi connectivity index (χ0v) is 17.4. The van der Waals surface area contributed by atoms with E-state index in [9.17, 15) is 4.79 Å². The van der Waals surface area contributed by atoms with E-state index in [1.807, 2.05) is 78.3 Å². The van der Waals surface area contributed by atoms with Crippen LogP contribution in [0.3, 0.4) is 0 Å². The molecule has 2 aromatic heterocycles. The van der Waals surface area contributed by atoms with E-state index >= 15 is 0 Å². The van der Waals surface area contributed by atoms with E-state index in [0.717, 1.165) is 28.3 Å². The summed E-state index contributed by atoms with van der Waals surface area (Å²) in [6.07, 6.45) is 5.54. The number of rotatable bonds is 5. The topological polar surface area (TPSA) is 68.5 Å². The highest BCUT2D eigenvalue weighted by Crippen LogP contribution is 2.26. The van der Waals surface area contributed by atoms with Crippen LogP contribution in [-0.4, -0.2) is 20.3 Å². The number of aryl methyl sites for hydroxylation is 1. The van der Waals surface area contributed by atoms with Crippen molar-refractivity contribution in [3.8, 4) is 22.8 Å². The molecule has 32 heavy (non-hydrogen) atoms. The second kappa shape index (κ2) is 8.35. The van der Waals surface area contributed by atoms with E-state index in [0.29, 0.717) is 17.1 Å². The molecule has 0 fully saturated rings. The van der Waals surface area contributed by atoms with E-state index in [2.05, 4.69) is 15.3 Å². The lowest BCUT2D eigenvalue weighted by Crippen LogP contribution is -2.12. The lowest BCUT2D eigenvalue weighted by Gasteiger charge is -2.11. The van der Waals surface area contributed by atoms with Gasteiger partial charge in [-0.25, -0.2) is 9.97 Å². The number of carbonyl (C=O) groups excluding carboxylic acids is 1. The number of para-hydroxylation sites is 1. The summed E-state index contributed by atoms with van der Waals surface area (Å²) < 4.78 is 7.66. The monoisotopic (exact) mass is 420 g/mol. The first-order valence-corrected chi connectivity index (χ1v) is 10.2. The molecule has 0 unspecified atom stereocenters. The standard InChI is InChI=1S/C26H20N4O2/c1-18-8-9-20(24-17-30-15-5-14-27-26(30)29-24)16-23(18)28-25(31)19-10-12-22(13-11-19)32-21-6-3-2-4-7-21/h2-17H,1H3,(H,28,31). The van der Waals surface area contributed by atoms with Gasteiger partial charge in [-0.05, 0) is 61.0 Å². The SMILES string of the molecule is Cc1ccc(-c2cn3cccnc3n2)cc1NC(=O)c1ccc(Oc2ccccc2)cc1. The molecule has 5 rings (SSSR count). The third-order valence-corrected chi connectivity index (χ3v) is 5.11. The molecule has 6 nitrogen and oxygen atoms in total. The number of hydrogen-bond acceptors (Lipinski definition) is 4. The van der Waals surface area contributed by atoms with Gasteiger partial charge < -0.3 is 10.1 Å². The van der Waals surface area contributed by atoms with Crippen molar-refractivity contribution in [3.63, 3.8) is 0 Å². The minimum atomic E-state index is -0.187. The largest absolute Gasteiger partial charge is 0.457 e. The van der Waals surface area contributed by atoms with E-state index < -0.39 is 0 Å². The first-order valence-electron chi connectivity index (χ1n) is 10.2. The van der Waals surface area contributed by atoms with Gasteiger partial charge in [-0.1, -0.05) is 30.3 Å². The predicted molar refractivity (Wildman–Crippen MR) is 124 cm³/mol. The molecule has 0 spiro atoms. The Hall–Kier alpha value is -4.45. The van der Waals surface area contributed by atoms with Gasteiger partial charge in [-0.3, -0.25) is 9.20 Å². The fourth-order valence-corrected chi connectivity index (χ4v) is 3.38. The first-order chi connectivity index (χ1) is 15.7. The molecule has 0 saturated heterocycles. The third-order valence-electron chi connectivity index (χ3n) is 5.11. The molecule has 0 aliphatic carbocycles. The number of hydrogen-bond donors (Lipinski definition) is 1. The number of benzene rings is 3. The van der Waals surface area contributed by atoms with Gasteiger partial charge in [0.15, 0.2) is 0 Å². The van der Waals surface area contributed by atoms with Crippen LogP contribution in [0.25, 0.3) is 17.0 Å². The Kier molecular flexibility index (Phi) is 5.09. The van der Waals surface area contributed by atoms with Crippen molar-refractivity contribution in [3.05, 3.63) is 109 Å². The summed E-state index contributed by atoms with van der Waals surface area (Å²) in [5, 5.41) is 3.01. The highest BCUT2D eigenvalue weighted by Gasteiger charge is 2.11. The van der Waals surface area contributed by atoms with Crippen LogP contribution < -0.4 is 10.1 Å². The maximum absolute atomic E-state index is 12.8. The average Bonchev–Trinajstić information content (AvgIpc) is 3.26. The lowest BCUT2D eigenvalue weighted by molar-refractivity contribution is 0.102. The molecule has 3 aromatic carbocycles. The maximum atomic E-state index is 12.8. The van der Waals surface area contributed by atoms with Crippen LogP contribution in [0.5, 0.6) is 11.5 Å². The zero-order chi connectivity index (χ0) is 21.9. The number of aromatic nitrogens is 3. The van der Waals surface area contributed by atoms with Crippen molar-refractivity contribution in [1.82, 2.24) is 14.4 Å². The van der Waals surface area contributed by atoms with Gasteiger partial charge in [0.05, 0.1) is 5.69 Å². The molecule has 0 atom stereocenters. The fraction of sp³-hybridized carbons (Fsp3) is 0.0385. The van der Waals surface area contributed by atoms with Gasteiger partial charge in [-0.15, -0.1) is 0 Å². The molecule has 0 radical (unpaired) electrons. The molecule has 156 valence electrons. The molecule has 0 aliphatic rings. The number of imidazole rings is 1. The smallest absolute Gasteiger partial charge is 0.255 e. The van der Waals surface area contributed by atoms with Crippen LogP contribution in [0, 0.1) is 6.92 Å². The van der Waals surface area contributed by atoms with E-state index in [-0.39, 0.29) is 5.91 Å². The van der Waals surface area contributed by atoms with Crippen LogP contribution >= 0.6 is 0 Å². The van der Waals surface area contributed by atoms with Gasteiger partial charge in [-0.2, -0.15) is 0 Å². The Labute approximate surface area is 185 Å². The van der Waals surface area contributed by atoms with E-state index in [1.54, 1.807) is 30.5 Å². The van der Waals surface area contributed by atoms with Crippen LogP contribution in [0.15, 0.2) is 97.5 Å². The Morgan fingerprint density at radius 1 is 0.938 bits per heavy atom. The van der Waals surface area contributed by atoms with Crippen LogP contribution in [0.4, 0.5) is 5.69 Å². The molecule has 6 heteroatoms. The highest BCUT2D eigenvalue weighted by atomic mass is 16.5. The highest BCUT2D eigenvalue weighted by molar-refractivity contribution is 6.05. The molecule has 5 aromatic rings.